The maximum atomic E-state index is 13.0. The zero-order valence-electron chi connectivity index (χ0n) is 44.6. The molecule has 0 aromatic heterocycles. The molecular weight excluding hydrogens is 880 g/mol. The van der Waals surface area contributed by atoms with Crippen LogP contribution >= 0.6 is 7.82 Å². The maximum absolute atomic E-state index is 13.0. The van der Waals surface area contributed by atoms with E-state index in [4.69, 9.17) is 9.05 Å². The van der Waals surface area contributed by atoms with Crippen molar-refractivity contribution in [3.05, 3.63) is 109 Å². The predicted octanol–water partition coefficient (Wildman–Crippen LogP) is 15.4. The fourth-order valence-electron chi connectivity index (χ4n) is 7.36. The first kappa shape index (κ1) is 66.1. The third-order valence-corrected chi connectivity index (χ3v) is 12.6. The van der Waals surface area contributed by atoms with Crippen molar-refractivity contribution < 1.29 is 38.0 Å². The molecule has 396 valence electrons. The average molecular weight is 984 g/mol. The van der Waals surface area contributed by atoms with E-state index in [2.05, 4.69) is 122 Å². The molecule has 0 bridgehead atoms. The number of nitrogens with one attached hydrogen (secondary N) is 1. The number of aliphatic hydroxyl groups is 2. The van der Waals surface area contributed by atoms with Gasteiger partial charge in [-0.15, -0.1) is 0 Å². The van der Waals surface area contributed by atoms with Gasteiger partial charge in [-0.25, -0.2) is 4.57 Å². The molecular formula is C59H104N2O7P+. The van der Waals surface area contributed by atoms with Crippen molar-refractivity contribution in [3.8, 4) is 0 Å². The quantitative estimate of drug-likeness (QED) is 0.0207. The van der Waals surface area contributed by atoms with Gasteiger partial charge < -0.3 is 24.9 Å². The van der Waals surface area contributed by atoms with Crippen LogP contribution in [0.25, 0.3) is 0 Å². The first-order chi connectivity index (χ1) is 33.4. The second-order valence-corrected chi connectivity index (χ2v) is 20.8. The first-order valence-corrected chi connectivity index (χ1v) is 28.8. The Morgan fingerprint density at radius 2 is 0.928 bits per heavy atom. The molecule has 4 unspecified atom stereocenters. The van der Waals surface area contributed by atoms with E-state index in [0.717, 1.165) is 89.9 Å². The zero-order valence-corrected chi connectivity index (χ0v) is 45.5. The zero-order chi connectivity index (χ0) is 50.8. The Labute approximate surface area is 424 Å². The van der Waals surface area contributed by atoms with Gasteiger partial charge >= 0.3 is 7.82 Å². The van der Waals surface area contributed by atoms with Gasteiger partial charge in [0.05, 0.1) is 39.9 Å². The number of likely N-dealkylation sites (N-methyl/N-ethyl adjacent to an activating group) is 1. The molecule has 0 aromatic carbocycles. The molecule has 4 atom stereocenters. The molecule has 69 heavy (non-hydrogen) atoms. The number of phosphoric ester groups is 1. The number of aliphatic hydroxyl groups excluding tert-OH is 2. The molecule has 1 amide bonds. The van der Waals surface area contributed by atoms with Crippen LogP contribution in [0.5, 0.6) is 0 Å². The van der Waals surface area contributed by atoms with Crippen molar-refractivity contribution in [2.75, 3.05) is 40.9 Å². The summed E-state index contributed by atoms with van der Waals surface area (Å²) in [4.78, 5) is 23.3. The molecule has 10 heteroatoms. The highest BCUT2D eigenvalue weighted by molar-refractivity contribution is 7.47. The molecule has 0 radical (unpaired) electrons. The second kappa shape index (κ2) is 48.7. The minimum atomic E-state index is -4.44. The van der Waals surface area contributed by atoms with Crippen LogP contribution in [-0.2, 0) is 18.4 Å². The fraction of sp³-hybridized carbons (Fsp3) is 0.678. The van der Waals surface area contributed by atoms with Crippen LogP contribution in [0.15, 0.2) is 109 Å². The second-order valence-electron chi connectivity index (χ2n) is 19.3. The number of unbranched alkanes of at least 4 members (excludes halogenated alkanes) is 17. The van der Waals surface area contributed by atoms with Crippen molar-refractivity contribution in [1.29, 1.82) is 0 Å². The van der Waals surface area contributed by atoms with Crippen LogP contribution in [0.4, 0.5) is 0 Å². The van der Waals surface area contributed by atoms with E-state index < -0.39 is 32.7 Å². The Balaban J connectivity index is 4.19. The standard InChI is InChI=1S/C59H103N2O7P/c1-6-8-10-12-14-16-18-20-21-22-23-24-25-26-27-28-29-30-31-32-33-34-35-36-37-38-39-40-42-44-46-48-50-52-58(63)60-56(55-68-69(65,66)67-54-53-61(3,4)5)59(64)57(62)51-49-47-45-43-41-19-17-15-13-11-9-7-2/h7-10,14-17,20-21,23-24,26-27,29-30,43,45,56-57,59,62,64H,6,11-13,18-19,22,25,28,31-42,44,46-55H2,1-5H3,(H-,60,63,65,66)/p+1/b9-7+,10-8-,16-14-,17-15+,21-20-,24-23-,27-26-,30-29-,45-43+. The summed E-state index contributed by atoms with van der Waals surface area (Å²) in [5.74, 6) is -0.280. The van der Waals surface area contributed by atoms with Gasteiger partial charge in [0.25, 0.3) is 0 Å². The Morgan fingerprint density at radius 3 is 1.39 bits per heavy atom. The molecule has 0 heterocycles. The highest BCUT2D eigenvalue weighted by atomic mass is 31.2. The van der Waals surface area contributed by atoms with Gasteiger partial charge in [-0.1, -0.05) is 193 Å². The summed E-state index contributed by atoms with van der Waals surface area (Å²) in [6.07, 6.45) is 67.7. The summed E-state index contributed by atoms with van der Waals surface area (Å²) in [5, 5.41) is 24.7. The Hall–Kier alpha value is -2.88. The Bertz CT molecular complexity index is 1510. The maximum Gasteiger partial charge on any atom is 0.472 e. The van der Waals surface area contributed by atoms with Crippen molar-refractivity contribution in [3.63, 3.8) is 0 Å². The lowest BCUT2D eigenvalue weighted by molar-refractivity contribution is -0.870. The van der Waals surface area contributed by atoms with Gasteiger partial charge in [-0.05, 0) is 110 Å². The minimum Gasteiger partial charge on any atom is -0.390 e. The lowest BCUT2D eigenvalue weighted by atomic mass is 10.0. The van der Waals surface area contributed by atoms with Crippen molar-refractivity contribution >= 4 is 13.7 Å². The van der Waals surface area contributed by atoms with Gasteiger partial charge in [0.15, 0.2) is 0 Å². The summed E-state index contributed by atoms with van der Waals surface area (Å²) in [6.45, 7) is 4.23. The summed E-state index contributed by atoms with van der Waals surface area (Å²) < 4.78 is 23.6. The van der Waals surface area contributed by atoms with Crippen LogP contribution in [0.3, 0.4) is 0 Å². The molecule has 0 fully saturated rings. The molecule has 4 N–H and O–H groups in total. The van der Waals surface area contributed by atoms with Crippen LogP contribution < -0.4 is 5.32 Å². The van der Waals surface area contributed by atoms with Crippen molar-refractivity contribution in [1.82, 2.24) is 5.32 Å². The monoisotopic (exact) mass is 984 g/mol. The fourth-order valence-corrected chi connectivity index (χ4v) is 8.10. The number of allylic oxidation sites excluding steroid dienone is 18. The molecule has 0 aliphatic heterocycles. The van der Waals surface area contributed by atoms with Gasteiger partial charge in [-0.3, -0.25) is 13.8 Å². The highest BCUT2D eigenvalue weighted by Gasteiger charge is 2.31. The van der Waals surface area contributed by atoms with E-state index in [9.17, 15) is 24.5 Å². The van der Waals surface area contributed by atoms with Crippen molar-refractivity contribution in [2.24, 2.45) is 0 Å². The van der Waals surface area contributed by atoms with Gasteiger partial charge in [0, 0.05) is 6.42 Å². The molecule has 0 aliphatic carbocycles. The molecule has 0 rings (SSSR count). The normalized spacial score (nSPS) is 15.3. The topological polar surface area (TPSA) is 125 Å². The average Bonchev–Trinajstić information content (AvgIpc) is 3.31. The molecule has 0 spiro atoms. The Morgan fingerprint density at radius 1 is 0.536 bits per heavy atom. The number of phosphoric acid groups is 1. The van der Waals surface area contributed by atoms with Crippen molar-refractivity contribution in [2.45, 2.75) is 218 Å². The number of carbonyl (C=O) groups is 1. The van der Waals surface area contributed by atoms with Crippen LogP contribution in [0.1, 0.15) is 200 Å². The summed E-state index contributed by atoms with van der Waals surface area (Å²) in [6, 6.07) is -1.07. The molecule has 9 nitrogen and oxygen atoms in total. The van der Waals surface area contributed by atoms with E-state index in [0.29, 0.717) is 30.3 Å². The number of nitrogens with zero attached hydrogens (tertiary/aromatic N) is 1. The van der Waals surface area contributed by atoms with E-state index >= 15 is 0 Å². The van der Waals surface area contributed by atoms with E-state index in [1.807, 2.05) is 28.1 Å². The summed E-state index contributed by atoms with van der Waals surface area (Å²) >= 11 is 0. The van der Waals surface area contributed by atoms with Crippen LogP contribution in [0.2, 0.25) is 0 Å². The molecule has 0 aliphatic rings. The van der Waals surface area contributed by atoms with Crippen LogP contribution in [-0.4, -0.2) is 84.6 Å². The van der Waals surface area contributed by atoms with Gasteiger partial charge in [0.1, 0.15) is 19.3 Å². The van der Waals surface area contributed by atoms with E-state index in [1.54, 1.807) is 0 Å². The number of quaternary nitrogens is 1. The minimum absolute atomic E-state index is 0.00752. The predicted molar refractivity (Wildman–Crippen MR) is 296 cm³/mol. The van der Waals surface area contributed by atoms with E-state index in [1.165, 1.54) is 70.6 Å². The molecule has 0 saturated heterocycles. The summed E-state index contributed by atoms with van der Waals surface area (Å²) in [7, 11) is 1.39. The number of hydrogen-bond acceptors (Lipinski definition) is 6. The third kappa shape index (κ3) is 49.9. The van der Waals surface area contributed by atoms with Gasteiger partial charge in [0.2, 0.25) is 5.91 Å². The highest BCUT2D eigenvalue weighted by Crippen LogP contribution is 2.43. The first-order valence-electron chi connectivity index (χ1n) is 27.3. The lowest BCUT2D eigenvalue weighted by Gasteiger charge is -2.28. The smallest absolute Gasteiger partial charge is 0.390 e. The molecule has 0 aromatic rings. The van der Waals surface area contributed by atoms with E-state index in [-0.39, 0.29) is 18.9 Å². The Kier molecular flexibility index (Phi) is 46.7. The number of amides is 1. The lowest BCUT2D eigenvalue weighted by Crippen LogP contribution is -2.51. The number of carbonyl (C=O) groups excluding carboxylic acids is 1. The third-order valence-electron chi connectivity index (χ3n) is 11.6. The SMILES string of the molecule is C/C=C/CC/C=C/CC/C=C/CCCC(O)C(O)C(COP(=O)(O)OCC[N+](C)(C)C)NC(=O)CCCCCCCCCCCCCCCC/C=C\C/C=C\C/C=C\C/C=C\C/C=C\C/C=C\CC. The number of rotatable bonds is 48. The largest absolute Gasteiger partial charge is 0.472 e. The van der Waals surface area contributed by atoms with Gasteiger partial charge in [-0.2, -0.15) is 0 Å². The number of hydrogen-bond donors (Lipinski definition) is 4. The summed E-state index contributed by atoms with van der Waals surface area (Å²) in [5.41, 5.74) is 0. The van der Waals surface area contributed by atoms with Crippen LogP contribution in [0, 0.1) is 0 Å². The molecule has 0 saturated carbocycles.